The van der Waals surface area contributed by atoms with Crippen molar-refractivity contribution in [3.8, 4) is 28.5 Å². The van der Waals surface area contributed by atoms with Crippen LogP contribution in [0.5, 0.6) is 0 Å². The van der Waals surface area contributed by atoms with Crippen molar-refractivity contribution in [1.29, 1.82) is 5.26 Å². The van der Waals surface area contributed by atoms with Crippen LogP contribution < -0.4 is 0 Å². The molecular formula is C28H18ClN3S. The summed E-state index contributed by atoms with van der Waals surface area (Å²) < 4.78 is 0. The lowest BCUT2D eigenvalue weighted by Gasteiger charge is -2.04. The van der Waals surface area contributed by atoms with E-state index in [0.717, 1.165) is 33.3 Å². The van der Waals surface area contributed by atoms with Crippen molar-refractivity contribution < 1.29 is 0 Å². The molecule has 5 heteroatoms. The Morgan fingerprint density at radius 1 is 0.909 bits per heavy atom. The topological polar surface area (TPSA) is 49.6 Å². The van der Waals surface area contributed by atoms with Gasteiger partial charge in [0, 0.05) is 21.9 Å². The molecule has 3 nitrogen and oxygen atoms in total. The lowest BCUT2D eigenvalue weighted by atomic mass is 10.0. The predicted octanol–water partition coefficient (Wildman–Crippen LogP) is 8.05. The fraction of sp³-hybridized carbons (Fsp3) is 0.0357. The minimum atomic E-state index is 0.368. The van der Waals surface area contributed by atoms with Crippen molar-refractivity contribution in [3.63, 3.8) is 0 Å². The van der Waals surface area contributed by atoms with Gasteiger partial charge in [0.2, 0.25) is 0 Å². The number of halogens is 1. The predicted molar refractivity (Wildman–Crippen MR) is 138 cm³/mol. The van der Waals surface area contributed by atoms with Gasteiger partial charge in [-0.2, -0.15) is 5.26 Å². The summed E-state index contributed by atoms with van der Waals surface area (Å²) in [5.41, 5.74) is 7.32. The van der Waals surface area contributed by atoms with Gasteiger partial charge in [0.05, 0.1) is 16.8 Å². The number of thiazole rings is 1. The molecule has 0 aliphatic rings. The van der Waals surface area contributed by atoms with Crippen LogP contribution in [0.4, 0.5) is 0 Å². The maximum Gasteiger partial charge on any atom is 0.137 e. The molecular weight excluding hydrogens is 446 g/mol. The molecule has 0 fully saturated rings. The van der Waals surface area contributed by atoms with E-state index < -0.39 is 0 Å². The van der Waals surface area contributed by atoms with Gasteiger partial charge in [-0.15, -0.1) is 11.3 Å². The molecule has 2 aromatic heterocycles. The van der Waals surface area contributed by atoms with E-state index >= 15 is 0 Å². The lowest BCUT2D eigenvalue weighted by Crippen LogP contribution is -1.88. The molecule has 0 saturated heterocycles. The standard InChI is InChI=1S/C28H18ClN3S/c1-18-7-12-25-22(13-18)14-23(27(29)31-25)15-24(16-30)28-32-26(17-33-28)21-10-8-20(9-11-21)19-5-3-2-4-6-19/h2-15,17H,1H3/b24-15-. The quantitative estimate of drug-likeness (QED) is 0.200. The summed E-state index contributed by atoms with van der Waals surface area (Å²) >= 11 is 7.86. The monoisotopic (exact) mass is 463 g/mol. The first-order valence-corrected chi connectivity index (χ1v) is 11.7. The van der Waals surface area contributed by atoms with Crippen molar-refractivity contribution in [1.82, 2.24) is 9.97 Å². The van der Waals surface area contributed by atoms with E-state index in [0.29, 0.717) is 21.3 Å². The van der Waals surface area contributed by atoms with Gasteiger partial charge in [-0.25, -0.2) is 9.97 Å². The largest absolute Gasteiger partial charge is 0.235 e. The number of allylic oxidation sites excluding steroid dienone is 1. The zero-order valence-electron chi connectivity index (χ0n) is 17.8. The number of aromatic nitrogens is 2. The number of fused-ring (bicyclic) bond motifs is 1. The average Bonchev–Trinajstić information content (AvgIpc) is 3.34. The van der Waals surface area contributed by atoms with E-state index in [1.807, 2.05) is 48.7 Å². The second-order valence-corrected chi connectivity index (χ2v) is 8.93. The van der Waals surface area contributed by atoms with Crippen LogP contribution in [0.3, 0.4) is 0 Å². The van der Waals surface area contributed by atoms with E-state index in [1.165, 1.54) is 16.9 Å². The molecule has 0 bridgehead atoms. The second kappa shape index (κ2) is 8.99. The van der Waals surface area contributed by atoms with Gasteiger partial charge < -0.3 is 0 Å². The molecule has 0 atom stereocenters. The second-order valence-electron chi connectivity index (χ2n) is 7.72. The minimum absolute atomic E-state index is 0.368. The van der Waals surface area contributed by atoms with Gasteiger partial charge >= 0.3 is 0 Å². The fourth-order valence-corrected chi connectivity index (χ4v) is 4.68. The maximum absolute atomic E-state index is 9.82. The fourth-order valence-electron chi connectivity index (χ4n) is 3.68. The third kappa shape index (κ3) is 4.42. The Balaban J connectivity index is 1.46. The van der Waals surface area contributed by atoms with Crippen molar-refractivity contribution in [2.45, 2.75) is 6.92 Å². The smallest absolute Gasteiger partial charge is 0.137 e. The molecule has 158 valence electrons. The van der Waals surface area contributed by atoms with Crippen LogP contribution in [0.1, 0.15) is 16.1 Å². The maximum atomic E-state index is 9.82. The molecule has 0 N–H and O–H groups in total. The van der Waals surface area contributed by atoms with Crippen molar-refractivity contribution in [2.24, 2.45) is 0 Å². The van der Waals surface area contributed by atoms with Crippen molar-refractivity contribution in [2.75, 3.05) is 0 Å². The van der Waals surface area contributed by atoms with Gasteiger partial charge in [-0.1, -0.05) is 77.8 Å². The Morgan fingerprint density at radius 2 is 1.64 bits per heavy atom. The van der Waals surface area contributed by atoms with Gasteiger partial charge in [0.15, 0.2) is 0 Å². The van der Waals surface area contributed by atoms with Crippen LogP contribution in [0.25, 0.3) is 44.9 Å². The molecule has 0 unspecified atom stereocenters. The molecule has 0 radical (unpaired) electrons. The summed E-state index contributed by atoms with van der Waals surface area (Å²) in [7, 11) is 0. The van der Waals surface area contributed by atoms with E-state index in [-0.39, 0.29) is 0 Å². The van der Waals surface area contributed by atoms with Gasteiger partial charge in [0.25, 0.3) is 0 Å². The summed E-state index contributed by atoms with van der Waals surface area (Å²) in [6.45, 7) is 2.04. The molecule has 5 rings (SSSR count). The highest BCUT2D eigenvalue weighted by Gasteiger charge is 2.12. The SMILES string of the molecule is Cc1ccc2nc(Cl)c(/C=C(/C#N)c3nc(-c4ccc(-c5ccccc5)cc4)cs3)cc2c1. The minimum Gasteiger partial charge on any atom is -0.235 e. The highest BCUT2D eigenvalue weighted by molar-refractivity contribution is 7.11. The number of pyridine rings is 1. The number of nitrogens with zero attached hydrogens (tertiary/aromatic N) is 3. The van der Waals surface area contributed by atoms with Crippen LogP contribution in [0, 0.1) is 18.3 Å². The first-order chi connectivity index (χ1) is 16.1. The zero-order chi connectivity index (χ0) is 22.8. The van der Waals surface area contributed by atoms with Gasteiger partial charge in [-0.3, -0.25) is 0 Å². The number of aryl methyl sites for hydroxylation is 1. The highest BCUT2D eigenvalue weighted by atomic mass is 35.5. The number of nitriles is 1. The molecule has 0 aliphatic heterocycles. The van der Waals surface area contributed by atoms with E-state index in [4.69, 9.17) is 16.6 Å². The number of hydrogen-bond acceptors (Lipinski definition) is 4. The van der Waals surface area contributed by atoms with Gasteiger partial charge in [-0.05, 0) is 42.3 Å². The van der Waals surface area contributed by atoms with Crippen LogP contribution >= 0.6 is 22.9 Å². The van der Waals surface area contributed by atoms with E-state index in [1.54, 1.807) is 6.08 Å². The zero-order valence-corrected chi connectivity index (χ0v) is 19.4. The Bertz CT molecular complexity index is 1530. The average molecular weight is 464 g/mol. The normalized spacial score (nSPS) is 11.5. The lowest BCUT2D eigenvalue weighted by molar-refractivity contribution is 1.36. The van der Waals surface area contributed by atoms with Gasteiger partial charge in [0.1, 0.15) is 16.2 Å². The van der Waals surface area contributed by atoms with E-state index in [2.05, 4.69) is 53.5 Å². The molecule has 3 aromatic carbocycles. The summed E-state index contributed by atoms with van der Waals surface area (Å²) in [5, 5.41) is 13.8. The van der Waals surface area contributed by atoms with Crippen LogP contribution in [0.2, 0.25) is 5.15 Å². The van der Waals surface area contributed by atoms with Crippen molar-refractivity contribution in [3.05, 3.63) is 106 Å². The van der Waals surface area contributed by atoms with Crippen LogP contribution in [0.15, 0.2) is 84.2 Å². The molecule has 5 aromatic rings. The molecule has 0 aliphatic carbocycles. The molecule has 2 heterocycles. The highest BCUT2D eigenvalue weighted by Crippen LogP contribution is 2.30. The molecule has 33 heavy (non-hydrogen) atoms. The summed E-state index contributed by atoms with van der Waals surface area (Å²) in [5.74, 6) is 0. The third-order valence-corrected chi connectivity index (χ3v) is 6.57. The summed E-state index contributed by atoms with van der Waals surface area (Å²) in [6, 6.07) is 28.8. The molecule has 0 spiro atoms. The number of benzene rings is 3. The van der Waals surface area contributed by atoms with E-state index in [9.17, 15) is 5.26 Å². The first-order valence-electron chi connectivity index (χ1n) is 10.4. The third-order valence-electron chi connectivity index (χ3n) is 5.39. The Labute approximate surface area is 201 Å². The number of hydrogen-bond donors (Lipinski definition) is 0. The van der Waals surface area contributed by atoms with Crippen LogP contribution in [-0.4, -0.2) is 9.97 Å². The Hall–Kier alpha value is -3.78. The molecule has 0 saturated carbocycles. The Morgan fingerprint density at radius 3 is 2.39 bits per heavy atom. The summed E-state index contributed by atoms with van der Waals surface area (Å²) in [4.78, 5) is 9.20. The Kier molecular flexibility index (Phi) is 5.75. The van der Waals surface area contributed by atoms with Crippen LogP contribution in [-0.2, 0) is 0 Å². The number of rotatable bonds is 4. The van der Waals surface area contributed by atoms with Crippen molar-refractivity contribution >= 4 is 45.5 Å². The molecule has 0 amide bonds. The summed E-state index contributed by atoms with van der Waals surface area (Å²) in [6.07, 6.45) is 1.76. The first kappa shape index (κ1) is 21.1.